The molecule has 3 aromatic heterocycles. The lowest BCUT2D eigenvalue weighted by atomic mass is 9.87. The van der Waals surface area contributed by atoms with Crippen LogP contribution in [0, 0.1) is 6.92 Å². The van der Waals surface area contributed by atoms with Crippen LogP contribution in [0.1, 0.15) is 42.4 Å². The van der Waals surface area contributed by atoms with E-state index in [0.717, 1.165) is 22.2 Å². The minimum absolute atomic E-state index is 0.0291. The van der Waals surface area contributed by atoms with Gasteiger partial charge in [0, 0.05) is 23.5 Å². The minimum atomic E-state index is -0.221. The Morgan fingerprint density at radius 1 is 0.941 bits per heavy atom. The lowest BCUT2D eigenvalue weighted by Crippen LogP contribution is -2.15. The van der Waals surface area contributed by atoms with Gasteiger partial charge in [-0.1, -0.05) is 39.0 Å². The Morgan fingerprint density at radius 2 is 1.68 bits per heavy atom. The third-order valence-electron chi connectivity index (χ3n) is 5.86. The molecular weight excluding hydrogens is 426 g/mol. The first kappa shape index (κ1) is 21.6. The largest absolute Gasteiger partial charge is 0.324 e. The molecule has 0 spiro atoms. The van der Waals surface area contributed by atoms with Crippen LogP contribution < -0.4 is 10.9 Å². The van der Waals surface area contributed by atoms with Crippen molar-refractivity contribution in [3.63, 3.8) is 0 Å². The molecule has 5 aromatic rings. The van der Waals surface area contributed by atoms with Crippen LogP contribution in [-0.2, 0) is 5.41 Å². The zero-order valence-electron chi connectivity index (χ0n) is 19.5. The van der Waals surface area contributed by atoms with Crippen molar-refractivity contribution < 1.29 is 4.79 Å². The van der Waals surface area contributed by atoms with E-state index in [1.807, 2.05) is 54.6 Å². The predicted molar refractivity (Wildman–Crippen MR) is 134 cm³/mol. The van der Waals surface area contributed by atoms with Crippen LogP contribution in [0.25, 0.3) is 27.8 Å². The summed E-state index contributed by atoms with van der Waals surface area (Å²) in [6.45, 7) is 8.22. The second kappa shape index (κ2) is 7.95. The quantitative estimate of drug-likeness (QED) is 0.399. The molecule has 0 saturated heterocycles. The molecule has 170 valence electrons. The van der Waals surface area contributed by atoms with Gasteiger partial charge in [-0.2, -0.15) is 0 Å². The number of amides is 1. The number of aryl methyl sites for hydroxylation is 1. The van der Waals surface area contributed by atoms with Crippen LogP contribution in [0.2, 0.25) is 0 Å². The van der Waals surface area contributed by atoms with Crippen molar-refractivity contribution in [2.45, 2.75) is 33.1 Å². The van der Waals surface area contributed by atoms with E-state index in [4.69, 9.17) is 0 Å². The van der Waals surface area contributed by atoms with Crippen LogP contribution in [0.4, 0.5) is 5.95 Å². The fraction of sp³-hybridized carbons (Fsp3) is 0.185. The number of aromatic amines is 1. The molecule has 2 N–H and O–H groups in total. The maximum absolute atomic E-state index is 12.7. The van der Waals surface area contributed by atoms with Crippen molar-refractivity contribution in [2.24, 2.45) is 0 Å². The first-order valence-electron chi connectivity index (χ1n) is 11.1. The molecule has 0 bridgehead atoms. The second-order valence-electron chi connectivity index (χ2n) is 9.48. The van der Waals surface area contributed by atoms with Crippen LogP contribution in [0.5, 0.6) is 0 Å². The molecule has 0 aliphatic heterocycles. The zero-order chi connectivity index (χ0) is 24.0. The Kier molecular flexibility index (Phi) is 5.05. The lowest BCUT2D eigenvalue weighted by molar-refractivity contribution is 0.102. The summed E-state index contributed by atoms with van der Waals surface area (Å²) in [5, 5.41) is 2.85. The summed E-state index contributed by atoms with van der Waals surface area (Å²) in [4.78, 5) is 37.0. The van der Waals surface area contributed by atoms with Gasteiger partial charge in [-0.3, -0.25) is 19.3 Å². The monoisotopic (exact) mass is 451 g/mol. The Hall–Kier alpha value is -4.26. The molecule has 0 aliphatic rings. The standard InChI is InChI=1S/C27H25N5O2/c1-16-13-24(33)32-12-11-19(15-23(32)28-16)18-7-10-21-22(14-18)30-26(29-21)31-25(34)17-5-8-20(9-6-17)27(2,3)4/h5-15H,1-4H3,(H2,29,30,31,34). The van der Waals surface area contributed by atoms with Crippen molar-refractivity contribution >= 4 is 28.5 Å². The number of pyridine rings is 1. The fourth-order valence-electron chi connectivity index (χ4n) is 3.95. The number of nitrogens with one attached hydrogen (secondary N) is 2. The highest BCUT2D eigenvalue weighted by Gasteiger charge is 2.15. The normalized spacial score (nSPS) is 11.8. The molecule has 3 heterocycles. The van der Waals surface area contributed by atoms with Gasteiger partial charge in [-0.25, -0.2) is 9.97 Å². The summed E-state index contributed by atoms with van der Waals surface area (Å²) >= 11 is 0. The zero-order valence-corrected chi connectivity index (χ0v) is 19.5. The average molecular weight is 452 g/mol. The maximum Gasteiger partial charge on any atom is 0.258 e. The number of aromatic nitrogens is 4. The molecule has 0 saturated carbocycles. The first-order chi connectivity index (χ1) is 16.2. The van der Waals surface area contributed by atoms with Crippen molar-refractivity contribution in [1.29, 1.82) is 0 Å². The lowest BCUT2D eigenvalue weighted by Gasteiger charge is -2.18. The number of anilines is 1. The van der Waals surface area contributed by atoms with Crippen molar-refractivity contribution in [3.8, 4) is 11.1 Å². The van der Waals surface area contributed by atoms with Crippen molar-refractivity contribution in [2.75, 3.05) is 5.32 Å². The number of benzene rings is 2. The number of fused-ring (bicyclic) bond motifs is 2. The molecular formula is C27H25N5O2. The number of rotatable bonds is 3. The van der Waals surface area contributed by atoms with E-state index in [9.17, 15) is 9.59 Å². The maximum atomic E-state index is 12.7. The summed E-state index contributed by atoms with van der Waals surface area (Å²) in [6, 6.07) is 18.7. The molecule has 7 heteroatoms. The molecule has 0 atom stereocenters. The number of carbonyl (C=O) groups is 1. The molecule has 0 unspecified atom stereocenters. The molecule has 7 nitrogen and oxygen atoms in total. The second-order valence-corrected chi connectivity index (χ2v) is 9.48. The molecule has 5 rings (SSSR count). The molecule has 0 radical (unpaired) electrons. The summed E-state index contributed by atoms with van der Waals surface area (Å²) < 4.78 is 1.52. The van der Waals surface area contributed by atoms with Crippen LogP contribution >= 0.6 is 0 Å². The number of hydrogen-bond acceptors (Lipinski definition) is 4. The van der Waals surface area contributed by atoms with E-state index in [2.05, 4.69) is 41.0 Å². The Morgan fingerprint density at radius 3 is 2.41 bits per heavy atom. The average Bonchev–Trinajstić information content (AvgIpc) is 3.19. The summed E-state index contributed by atoms with van der Waals surface area (Å²) in [7, 11) is 0. The Bertz CT molecular complexity index is 1610. The third kappa shape index (κ3) is 4.08. The van der Waals surface area contributed by atoms with Crippen LogP contribution in [0.3, 0.4) is 0 Å². The molecule has 34 heavy (non-hydrogen) atoms. The van der Waals surface area contributed by atoms with Crippen molar-refractivity contribution in [3.05, 3.63) is 94.0 Å². The van der Waals surface area contributed by atoms with E-state index in [1.54, 1.807) is 13.1 Å². The minimum Gasteiger partial charge on any atom is -0.324 e. The Labute approximate surface area is 196 Å². The van der Waals surface area contributed by atoms with Gasteiger partial charge >= 0.3 is 0 Å². The van der Waals surface area contributed by atoms with Crippen molar-refractivity contribution in [1.82, 2.24) is 19.4 Å². The predicted octanol–water partition coefficient (Wildman–Crippen LogP) is 5.10. The van der Waals surface area contributed by atoms with Gasteiger partial charge in [0.2, 0.25) is 5.95 Å². The number of nitrogens with zero attached hydrogens (tertiary/aromatic N) is 3. The van der Waals surface area contributed by atoms with Crippen LogP contribution in [0.15, 0.2) is 71.7 Å². The fourth-order valence-corrected chi connectivity index (χ4v) is 3.95. The molecule has 1 amide bonds. The highest BCUT2D eigenvalue weighted by molar-refractivity contribution is 6.04. The summed E-state index contributed by atoms with van der Waals surface area (Å²) in [5.74, 6) is 0.167. The van der Waals surface area contributed by atoms with E-state index >= 15 is 0 Å². The molecule has 0 aliphatic carbocycles. The number of imidazole rings is 1. The molecule has 0 fully saturated rings. The van der Waals surface area contributed by atoms with Gasteiger partial charge in [0.1, 0.15) is 5.65 Å². The van der Waals surface area contributed by atoms with Gasteiger partial charge < -0.3 is 4.98 Å². The van der Waals surface area contributed by atoms with Gasteiger partial charge in [-0.05, 0) is 65.4 Å². The smallest absolute Gasteiger partial charge is 0.258 e. The van der Waals surface area contributed by atoms with E-state index in [0.29, 0.717) is 22.9 Å². The number of hydrogen-bond donors (Lipinski definition) is 2. The number of carbonyl (C=O) groups excluding carboxylic acids is 1. The SMILES string of the molecule is Cc1cc(=O)n2ccc(-c3ccc4nc(NC(=O)c5ccc(C(C)(C)C)cc5)[nH]c4c3)cc2n1. The third-order valence-corrected chi connectivity index (χ3v) is 5.86. The highest BCUT2D eigenvalue weighted by Crippen LogP contribution is 2.26. The van der Waals surface area contributed by atoms with Gasteiger partial charge in [0.05, 0.1) is 11.0 Å². The molecule has 2 aromatic carbocycles. The highest BCUT2D eigenvalue weighted by atomic mass is 16.1. The number of H-pyrrole nitrogens is 1. The van der Waals surface area contributed by atoms with Gasteiger partial charge in [0.25, 0.3) is 11.5 Å². The van der Waals surface area contributed by atoms with Crippen LogP contribution in [-0.4, -0.2) is 25.3 Å². The van der Waals surface area contributed by atoms with E-state index < -0.39 is 0 Å². The summed E-state index contributed by atoms with van der Waals surface area (Å²) in [5.41, 5.74) is 6.36. The van der Waals surface area contributed by atoms with Gasteiger partial charge in [-0.15, -0.1) is 0 Å². The summed E-state index contributed by atoms with van der Waals surface area (Å²) in [6.07, 6.45) is 1.73. The topological polar surface area (TPSA) is 92.2 Å². The van der Waals surface area contributed by atoms with Gasteiger partial charge in [0.15, 0.2) is 0 Å². The van der Waals surface area contributed by atoms with E-state index in [-0.39, 0.29) is 16.9 Å². The van der Waals surface area contributed by atoms with E-state index in [1.165, 1.54) is 16.0 Å². The first-order valence-corrected chi connectivity index (χ1v) is 11.1. The Balaban J connectivity index is 1.41.